The highest BCUT2D eigenvalue weighted by Crippen LogP contribution is 2.37. The molecule has 0 radical (unpaired) electrons. The molecule has 3 aliphatic rings. The van der Waals surface area contributed by atoms with Crippen molar-refractivity contribution < 1.29 is 4.74 Å². The Hall–Kier alpha value is 0.230. The summed E-state index contributed by atoms with van der Waals surface area (Å²) in [6.45, 7) is 7.09. The molecule has 3 heterocycles. The minimum atomic E-state index is 0.220. The van der Waals surface area contributed by atoms with E-state index in [9.17, 15) is 0 Å². The van der Waals surface area contributed by atoms with E-state index in [2.05, 4.69) is 28.9 Å². The third-order valence-electron chi connectivity index (χ3n) is 5.36. The summed E-state index contributed by atoms with van der Waals surface area (Å²) < 4.78 is 6.18. The van der Waals surface area contributed by atoms with E-state index in [0.717, 1.165) is 13.2 Å². The summed E-state index contributed by atoms with van der Waals surface area (Å²) in [5.41, 5.74) is 0.220. The van der Waals surface area contributed by atoms with Crippen molar-refractivity contribution in [1.29, 1.82) is 0 Å². The molecule has 0 aromatic carbocycles. The van der Waals surface area contributed by atoms with Crippen molar-refractivity contribution >= 4 is 11.8 Å². The monoisotopic (exact) mass is 298 g/mol. The van der Waals surface area contributed by atoms with Crippen molar-refractivity contribution in [2.24, 2.45) is 0 Å². The number of hydrogen-bond donors (Lipinski definition) is 1. The highest BCUT2D eigenvalue weighted by atomic mass is 32.2. The summed E-state index contributed by atoms with van der Waals surface area (Å²) in [5.74, 6) is 2.58. The molecule has 3 fully saturated rings. The molecule has 0 bridgehead atoms. The Balaban J connectivity index is 1.45. The predicted octanol–water partition coefficient (Wildman–Crippen LogP) is 2.51. The maximum absolute atomic E-state index is 6.18. The quantitative estimate of drug-likeness (QED) is 0.862. The molecule has 0 aromatic heterocycles. The third-order valence-corrected chi connectivity index (χ3v) is 6.35. The summed E-state index contributed by atoms with van der Waals surface area (Å²) in [7, 11) is 0. The van der Waals surface area contributed by atoms with Crippen molar-refractivity contribution in [2.45, 2.75) is 63.1 Å². The van der Waals surface area contributed by atoms with Crippen molar-refractivity contribution in [1.82, 2.24) is 10.2 Å². The highest BCUT2D eigenvalue weighted by molar-refractivity contribution is 7.99. The van der Waals surface area contributed by atoms with Gasteiger partial charge in [-0.1, -0.05) is 0 Å². The van der Waals surface area contributed by atoms with Gasteiger partial charge in [0.2, 0.25) is 0 Å². The molecule has 0 saturated carbocycles. The first-order valence-electron chi connectivity index (χ1n) is 8.47. The van der Waals surface area contributed by atoms with Crippen LogP contribution in [0.15, 0.2) is 0 Å². The van der Waals surface area contributed by atoms with Gasteiger partial charge >= 0.3 is 0 Å². The lowest BCUT2D eigenvalue weighted by atomic mass is 9.85. The molecule has 3 aliphatic heterocycles. The molecule has 20 heavy (non-hydrogen) atoms. The van der Waals surface area contributed by atoms with Gasteiger partial charge in [-0.25, -0.2) is 0 Å². The Morgan fingerprint density at radius 2 is 2.05 bits per heavy atom. The molecule has 2 atom stereocenters. The largest absolute Gasteiger partial charge is 0.375 e. The van der Waals surface area contributed by atoms with Crippen LogP contribution < -0.4 is 5.32 Å². The molecule has 0 amide bonds. The summed E-state index contributed by atoms with van der Waals surface area (Å²) >= 11 is 2.09. The van der Waals surface area contributed by atoms with E-state index in [-0.39, 0.29) is 5.60 Å². The highest BCUT2D eigenvalue weighted by Gasteiger charge is 2.38. The van der Waals surface area contributed by atoms with E-state index in [1.165, 1.54) is 63.1 Å². The molecule has 0 aliphatic carbocycles. The van der Waals surface area contributed by atoms with Gasteiger partial charge in [0, 0.05) is 25.2 Å². The fourth-order valence-electron chi connectivity index (χ4n) is 3.94. The summed E-state index contributed by atoms with van der Waals surface area (Å²) in [4.78, 5) is 2.64. The smallest absolute Gasteiger partial charge is 0.0713 e. The first kappa shape index (κ1) is 15.1. The minimum Gasteiger partial charge on any atom is -0.375 e. The second kappa shape index (κ2) is 6.99. The normalized spacial score (nSPS) is 32.5. The second-order valence-corrected chi connectivity index (χ2v) is 8.06. The zero-order valence-corrected chi connectivity index (χ0v) is 13.7. The summed E-state index contributed by atoms with van der Waals surface area (Å²) in [5, 5.41) is 3.84. The van der Waals surface area contributed by atoms with Gasteiger partial charge in [-0.15, -0.1) is 0 Å². The lowest BCUT2D eigenvalue weighted by Gasteiger charge is -2.44. The molecular formula is C16H30N2OS. The van der Waals surface area contributed by atoms with E-state index >= 15 is 0 Å². The molecule has 1 spiro atoms. The third kappa shape index (κ3) is 3.70. The van der Waals surface area contributed by atoms with E-state index in [1.807, 2.05) is 0 Å². The van der Waals surface area contributed by atoms with E-state index in [4.69, 9.17) is 4.74 Å². The Morgan fingerprint density at radius 3 is 2.80 bits per heavy atom. The van der Waals surface area contributed by atoms with Crippen LogP contribution in [0.5, 0.6) is 0 Å². The van der Waals surface area contributed by atoms with Crippen LogP contribution >= 0.6 is 11.8 Å². The van der Waals surface area contributed by atoms with Crippen LogP contribution in [0.25, 0.3) is 0 Å². The second-order valence-electron chi connectivity index (χ2n) is 6.83. The first-order chi connectivity index (χ1) is 9.77. The Bertz CT molecular complexity index is 295. The van der Waals surface area contributed by atoms with Crippen LogP contribution in [0.2, 0.25) is 0 Å². The molecule has 1 N–H and O–H groups in total. The number of rotatable bonds is 4. The molecule has 3 saturated heterocycles. The Labute approximate surface area is 128 Å². The van der Waals surface area contributed by atoms with Crippen LogP contribution in [0.4, 0.5) is 0 Å². The standard InChI is InChI=1S/C16H30N2OS/c1-14(18-7-2-3-8-18)13-17-15-4-9-19-16(12-15)5-10-20-11-6-16/h14-15,17H,2-13H2,1H3. The zero-order chi connectivity index (χ0) is 13.8. The number of likely N-dealkylation sites (tertiary alicyclic amines) is 1. The van der Waals surface area contributed by atoms with Gasteiger partial charge in [-0.05, 0) is 70.0 Å². The molecule has 116 valence electrons. The van der Waals surface area contributed by atoms with Crippen LogP contribution in [0.1, 0.15) is 45.4 Å². The van der Waals surface area contributed by atoms with Crippen LogP contribution in [0, 0.1) is 0 Å². The maximum Gasteiger partial charge on any atom is 0.0713 e. The van der Waals surface area contributed by atoms with Crippen LogP contribution in [-0.2, 0) is 4.74 Å². The summed E-state index contributed by atoms with van der Waals surface area (Å²) in [6.07, 6.45) is 7.74. The molecule has 3 rings (SSSR count). The van der Waals surface area contributed by atoms with Gasteiger partial charge in [-0.3, -0.25) is 4.90 Å². The van der Waals surface area contributed by atoms with Crippen molar-refractivity contribution in [3.05, 3.63) is 0 Å². The molecule has 3 nitrogen and oxygen atoms in total. The van der Waals surface area contributed by atoms with Gasteiger partial charge in [0.1, 0.15) is 0 Å². The molecule has 4 heteroatoms. The topological polar surface area (TPSA) is 24.5 Å². The zero-order valence-electron chi connectivity index (χ0n) is 12.9. The van der Waals surface area contributed by atoms with E-state index < -0.39 is 0 Å². The van der Waals surface area contributed by atoms with Crippen LogP contribution in [0.3, 0.4) is 0 Å². The Morgan fingerprint density at radius 1 is 1.30 bits per heavy atom. The molecular weight excluding hydrogens is 268 g/mol. The van der Waals surface area contributed by atoms with Crippen molar-refractivity contribution in [2.75, 3.05) is 37.7 Å². The lowest BCUT2D eigenvalue weighted by Crippen LogP contribution is -2.51. The number of thioether (sulfide) groups is 1. The molecule has 2 unspecified atom stereocenters. The summed E-state index contributed by atoms with van der Waals surface area (Å²) in [6, 6.07) is 1.37. The van der Waals surface area contributed by atoms with E-state index in [0.29, 0.717) is 12.1 Å². The van der Waals surface area contributed by atoms with Crippen molar-refractivity contribution in [3.63, 3.8) is 0 Å². The fourth-order valence-corrected chi connectivity index (χ4v) is 5.18. The van der Waals surface area contributed by atoms with Gasteiger partial charge in [-0.2, -0.15) is 11.8 Å². The van der Waals surface area contributed by atoms with Gasteiger partial charge < -0.3 is 10.1 Å². The maximum atomic E-state index is 6.18. The van der Waals surface area contributed by atoms with E-state index in [1.54, 1.807) is 0 Å². The Kier molecular flexibility index (Phi) is 5.29. The lowest BCUT2D eigenvalue weighted by molar-refractivity contribution is -0.0934. The number of ether oxygens (including phenoxy) is 1. The van der Waals surface area contributed by atoms with Gasteiger partial charge in [0.05, 0.1) is 5.60 Å². The predicted molar refractivity (Wildman–Crippen MR) is 86.5 cm³/mol. The van der Waals surface area contributed by atoms with Crippen molar-refractivity contribution in [3.8, 4) is 0 Å². The average molecular weight is 298 g/mol. The SMILES string of the molecule is CC(CNC1CCOC2(CCSCC2)C1)N1CCCC1. The number of nitrogens with one attached hydrogen (secondary N) is 1. The first-order valence-corrected chi connectivity index (χ1v) is 9.62. The minimum absolute atomic E-state index is 0.220. The van der Waals surface area contributed by atoms with Crippen LogP contribution in [-0.4, -0.2) is 60.3 Å². The van der Waals surface area contributed by atoms with Gasteiger partial charge in [0.25, 0.3) is 0 Å². The molecule has 0 aromatic rings. The number of hydrogen-bond acceptors (Lipinski definition) is 4. The van der Waals surface area contributed by atoms with Gasteiger partial charge in [0.15, 0.2) is 0 Å². The average Bonchev–Trinajstić information content (AvgIpc) is 3.00. The number of nitrogens with zero attached hydrogens (tertiary/aromatic N) is 1. The fraction of sp³-hybridized carbons (Fsp3) is 1.00.